The van der Waals surface area contributed by atoms with Gasteiger partial charge in [0.25, 0.3) is 5.69 Å². The quantitative estimate of drug-likeness (QED) is 0.618. The lowest BCUT2D eigenvalue weighted by molar-refractivity contribution is -0.384. The van der Waals surface area contributed by atoms with Gasteiger partial charge >= 0.3 is 0 Å². The number of rotatable bonds is 4. The Kier molecular flexibility index (Phi) is 4.25. The van der Waals surface area contributed by atoms with E-state index in [1.807, 2.05) is 32.0 Å². The van der Waals surface area contributed by atoms with E-state index < -0.39 is 4.92 Å². The SMILES string of the molecule is Cc1cccc(C)c1OCc1cc([N+](=O)[O-])ccc1Cl. The summed E-state index contributed by atoms with van der Waals surface area (Å²) in [4.78, 5) is 10.3. The summed E-state index contributed by atoms with van der Waals surface area (Å²) in [7, 11) is 0. The molecule has 0 aliphatic rings. The van der Waals surface area contributed by atoms with Gasteiger partial charge < -0.3 is 4.74 Å². The van der Waals surface area contributed by atoms with Crippen LogP contribution in [0.2, 0.25) is 5.02 Å². The number of hydrogen-bond donors (Lipinski definition) is 0. The summed E-state index contributed by atoms with van der Waals surface area (Å²) in [6, 6.07) is 10.2. The number of halogens is 1. The van der Waals surface area contributed by atoms with Crippen LogP contribution in [0.15, 0.2) is 36.4 Å². The summed E-state index contributed by atoms with van der Waals surface area (Å²) >= 11 is 6.04. The third-order valence-corrected chi connectivity index (χ3v) is 3.39. The van der Waals surface area contributed by atoms with Gasteiger partial charge in [-0.1, -0.05) is 29.8 Å². The summed E-state index contributed by atoms with van der Waals surface area (Å²) in [6.45, 7) is 4.11. The fraction of sp³-hybridized carbons (Fsp3) is 0.200. The zero-order valence-corrected chi connectivity index (χ0v) is 12.0. The third-order valence-electron chi connectivity index (χ3n) is 3.02. The fourth-order valence-electron chi connectivity index (χ4n) is 1.96. The smallest absolute Gasteiger partial charge is 0.269 e. The number of nitro benzene ring substituents is 1. The second-order valence-electron chi connectivity index (χ2n) is 4.54. The first-order valence-corrected chi connectivity index (χ1v) is 6.48. The van der Waals surface area contributed by atoms with Crippen LogP contribution in [0, 0.1) is 24.0 Å². The van der Waals surface area contributed by atoms with Crippen LogP contribution in [0.4, 0.5) is 5.69 Å². The van der Waals surface area contributed by atoms with Crippen molar-refractivity contribution in [3.8, 4) is 5.75 Å². The van der Waals surface area contributed by atoms with Gasteiger partial charge in [0.05, 0.1) is 4.92 Å². The molecule has 2 aromatic carbocycles. The van der Waals surface area contributed by atoms with E-state index in [0.717, 1.165) is 16.9 Å². The largest absolute Gasteiger partial charge is 0.488 e. The van der Waals surface area contributed by atoms with Gasteiger partial charge in [-0.2, -0.15) is 0 Å². The number of para-hydroxylation sites is 1. The maximum absolute atomic E-state index is 10.8. The summed E-state index contributed by atoms with van der Waals surface area (Å²) in [6.07, 6.45) is 0. The van der Waals surface area contributed by atoms with E-state index in [4.69, 9.17) is 16.3 Å². The molecule has 0 fully saturated rings. The van der Waals surface area contributed by atoms with E-state index in [0.29, 0.717) is 10.6 Å². The molecule has 2 aromatic rings. The number of benzene rings is 2. The molecule has 0 radical (unpaired) electrons. The molecular formula is C15H14ClNO3. The highest BCUT2D eigenvalue weighted by molar-refractivity contribution is 6.31. The van der Waals surface area contributed by atoms with Gasteiger partial charge in [0.2, 0.25) is 0 Å². The normalized spacial score (nSPS) is 10.3. The van der Waals surface area contributed by atoms with E-state index in [9.17, 15) is 10.1 Å². The van der Waals surface area contributed by atoms with Crippen LogP contribution in [-0.2, 0) is 6.61 Å². The molecule has 0 atom stereocenters. The Balaban J connectivity index is 2.23. The predicted octanol–water partition coefficient (Wildman–Crippen LogP) is 4.44. The number of ether oxygens (including phenoxy) is 1. The number of non-ortho nitro benzene ring substituents is 1. The second kappa shape index (κ2) is 5.92. The molecule has 0 amide bonds. The van der Waals surface area contributed by atoms with E-state index in [-0.39, 0.29) is 12.3 Å². The molecule has 0 spiro atoms. The molecule has 0 aliphatic carbocycles. The second-order valence-corrected chi connectivity index (χ2v) is 4.95. The van der Waals surface area contributed by atoms with Gasteiger partial charge in [-0.25, -0.2) is 0 Å². The van der Waals surface area contributed by atoms with Crippen molar-refractivity contribution >= 4 is 17.3 Å². The van der Waals surface area contributed by atoms with Crippen molar-refractivity contribution in [2.45, 2.75) is 20.5 Å². The lowest BCUT2D eigenvalue weighted by Crippen LogP contribution is -2.00. The van der Waals surface area contributed by atoms with Crippen LogP contribution in [0.3, 0.4) is 0 Å². The summed E-state index contributed by atoms with van der Waals surface area (Å²) < 4.78 is 5.76. The Labute approximate surface area is 122 Å². The highest BCUT2D eigenvalue weighted by Crippen LogP contribution is 2.27. The fourth-order valence-corrected chi connectivity index (χ4v) is 2.13. The summed E-state index contributed by atoms with van der Waals surface area (Å²) in [5.41, 5.74) is 2.65. The van der Waals surface area contributed by atoms with Gasteiger partial charge in [-0.15, -0.1) is 0 Å². The van der Waals surface area contributed by atoms with Gasteiger partial charge in [0, 0.05) is 22.7 Å². The van der Waals surface area contributed by atoms with Gasteiger partial charge in [0.15, 0.2) is 0 Å². The average molecular weight is 292 g/mol. The average Bonchev–Trinajstić information content (AvgIpc) is 2.39. The van der Waals surface area contributed by atoms with Crippen LogP contribution in [0.5, 0.6) is 5.75 Å². The number of nitro groups is 1. The zero-order valence-electron chi connectivity index (χ0n) is 11.2. The number of nitrogens with zero attached hydrogens (tertiary/aromatic N) is 1. The van der Waals surface area contributed by atoms with E-state index in [2.05, 4.69) is 0 Å². The molecule has 20 heavy (non-hydrogen) atoms. The Morgan fingerprint density at radius 2 is 1.85 bits per heavy atom. The molecule has 4 nitrogen and oxygen atoms in total. The van der Waals surface area contributed by atoms with Crippen LogP contribution < -0.4 is 4.74 Å². The van der Waals surface area contributed by atoms with Gasteiger partial charge in [0.1, 0.15) is 12.4 Å². The number of aryl methyl sites for hydroxylation is 2. The molecule has 0 aromatic heterocycles. The monoisotopic (exact) mass is 291 g/mol. The molecule has 0 N–H and O–H groups in total. The predicted molar refractivity (Wildman–Crippen MR) is 78.4 cm³/mol. The molecule has 0 saturated heterocycles. The minimum atomic E-state index is -0.446. The minimum Gasteiger partial charge on any atom is -0.488 e. The van der Waals surface area contributed by atoms with Crippen molar-refractivity contribution in [3.05, 3.63) is 68.2 Å². The van der Waals surface area contributed by atoms with E-state index >= 15 is 0 Å². The maximum Gasteiger partial charge on any atom is 0.269 e. The maximum atomic E-state index is 10.8. The molecule has 0 saturated carbocycles. The van der Waals surface area contributed by atoms with E-state index in [1.54, 1.807) is 0 Å². The van der Waals surface area contributed by atoms with Crippen molar-refractivity contribution in [1.29, 1.82) is 0 Å². The molecule has 0 bridgehead atoms. The minimum absolute atomic E-state index is 0.00880. The molecule has 0 unspecified atom stereocenters. The Morgan fingerprint density at radius 3 is 2.45 bits per heavy atom. The van der Waals surface area contributed by atoms with Crippen LogP contribution in [0.1, 0.15) is 16.7 Å². The first-order chi connectivity index (χ1) is 9.49. The van der Waals surface area contributed by atoms with E-state index in [1.165, 1.54) is 18.2 Å². The molecule has 2 rings (SSSR count). The Hall–Kier alpha value is -2.07. The molecule has 0 heterocycles. The van der Waals surface area contributed by atoms with Crippen LogP contribution in [0.25, 0.3) is 0 Å². The topological polar surface area (TPSA) is 52.4 Å². The summed E-state index contributed by atoms with van der Waals surface area (Å²) in [5, 5.41) is 11.2. The Morgan fingerprint density at radius 1 is 1.20 bits per heavy atom. The van der Waals surface area contributed by atoms with Crippen molar-refractivity contribution < 1.29 is 9.66 Å². The number of hydrogen-bond acceptors (Lipinski definition) is 3. The van der Waals surface area contributed by atoms with Gasteiger partial charge in [-0.3, -0.25) is 10.1 Å². The Bertz CT molecular complexity index is 635. The van der Waals surface area contributed by atoms with Crippen molar-refractivity contribution in [2.75, 3.05) is 0 Å². The van der Waals surface area contributed by atoms with Crippen LogP contribution in [-0.4, -0.2) is 4.92 Å². The van der Waals surface area contributed by atoms with Crippen LogP contribution >= 0.6 is 11.6 Å². The lowest BCUT2D eigenvalue weighted by Gasteiger charge is -2.12. The molecule has 5 heteroatoms. The first kappa shape index (κ1) is 14.3. The molecule has 104 valence electrons. The third kappa shape index (κ3) is 3.08. The highest BCUT2D eigenvalue weighted by atomic mass is 35.5. The summed E-state index contributed by atoms with van der Waals surface area (Å²) in [5.74, 6) is 0.787. The highest BCUT2D eigenvalue weighted by Gasteiger charge is 2.11. The van der Waals surface area contributed by atoms with Gasteiger partial charge in [-0.05, 0) is 31.0 Å². The molecule has 0 aliphatic heterocycles. The standard InChI is InChI=1S/C15H14ClNO3/c1-10-4-3-5-11(2)15(10)20-9-12-8-13(17(18)19)6-7-14(12)16/h3-8H,9H2,1-2H3. The lowest BCUT2D eigenvalue weighted by atomic mass is 10.1. The first-order valence-electron chi connectivity index (χ1n) is 6.11. The zero-order chi connectivity index (χ0) is 14.7. The van der Waals surface area contributed by atoms with Crippen molar-refractivity contribution in [3.63, 3.8) is 0 Å². The van der Waals surface area contributed by atoms with Crippen molar-refractivity contribution in [2.24, 2.45) is 0 Å². The van der Waals surface area contributed by atoms with Crippen molar-refractivity contribution in [1.82, 2.24) is 0 Å². The molecular weight excluding hydrogens is 278 g/mol.